The van der Waals surface area contributed by atoms with Gasteiger partial charge in [-0.3, -0.25) is 0 Å². The summed E-state index contributed by atoms with van der Waals surface area (Å²) in [5.41, 5.74) is 4.38. The summed E-state index contributed by atoms with van der Waals surface area (Å²) in [5.74, 6) is 0.974. The van der Waals surface area contributed by atoms with Crippen molar-refractivity contribution in [3.63, 3.8) is 0 Å². The molecular weight excluding hydrogens is 372 g/mol. The maximum absolute atomic E-state index is 5.89. The topological polar surface area (TPSA) is 25.8 Å². The maximum Gasteiger partial charge on any atom is 0.223 e. The van der Waals surface area contributed by atoms with Gasteiger partial charge < -0.3 is 0 Å². The van der Waals surface area contributed by atoms with E-state index >= 15 is 0 Å². The van der Waals surface area contributed by atoms with Gasteiger partial charge in [-0.15, -0.1) is 11.8 Å². The molecule has 0 aliphatic carbocycles. The van der Waals surface area contributed by atoms with E-state index in [9.17, 15) is 0 Å². The molecule has 0 spiro atoms. The molecule has 0 atom stereocenters. The summed E-state index contributed by atoms with van der Waals surface area (Å²) in [6, 6.07) is 0. The Bertz CT molecular complexity index is 743. The summed E-state index contributed by atoms with van der Waals surface area (Å²) < 4.78 is 0. The smallest absolute Gasteiger partial charge is 0.217 e. The molecule has 0 radical (unpaired) electrons. The van der Waals surface area contributed by atoms with Gasteiger partial charge in [-0.2, -0.15) is 0 Å². The Hall–Kier alpha value is -1.58. The van der Waals surface area contributed by atoms with Gasteiger partial charge >= 0.3 is 0 Å². The number of fused-ring (bicyclic) bond motifs is 1. The molecule has 1 aliphatic heterocycles. The van der Waals surface area contributed by atoms with Crippen LogP contribution in [0.5, 0.6) is 0 Å². The van der Waals surface area contributed by atoms with Crippen molar-refractivity contribution >= 4 is 35.0 Å². The van der Waals surface area contributed by atoms with Crippen LogP contribution in [0.3, 0.4) is 0 Å². The molecule has 1 aromatic heterocycles. The number of nitrogens with zero attached hydrogens (tertiary/aromatic N) is 2. The third-order valence-electron chi connectivity index (χ3n) is 3.86. The molecule has 146 valence electrons. The minimum atomic E-state index is 0.317. The van der Waals surface area contributed by atoms with Crippen LogP contribution >= 0.6 is 23.4 Å². The zero-order valence-electron chi connectivity index (χ0n) is 17.1. The van der Waals surface area contributed by atoms with Crippen LogP contribution in [0.15, 0.2) is 53.0 Å². The zero-order chi connectivity index (χ0) is 20.1. The fraction of sp³-hybridized carbons (Fsp3) is 0.391. The van der Waals surface area contributed by atoms with Crippen molar-refractivity contribution in [1.82, 2.24) is 9.97 Å². The fourth-order valence-electron chi connectivity index (χ4n) is 2.33. The lowest BCUT2D eigenvalue weighted by atomic mass is 10.1. The van der Waals surface area contributed by atoms with E-state index in [1.165, 1.54) is 18.4 Å². The van der Waals surface area contributed by atoms with E-state index in [2.05, 4.69) is 67.2 Å². The molecular formula is C23H31ClN2S. The van der Waals surface area contributed by atoms with Crippen molar-refractivity contribution in [2.75, 3.05) is 5.75 Å². The van der Waals surface area contributed by atoms with Gasteiger partial charge in [-0.25, -0.2) is 9.97 Å². The molecule has 0 fully saturated rings. The van der Waals surface area contributed by atoms with E-state index in [4.69, 9.17) is 11.6 Å². The Balaban J connectivity index is 0.000000279. The second-order valence-corrected chi connectivity index (χ2v) is 7.54. The van der Waals surface area contributed by atoms with Crippen molar-refractivity contribution < 1.29 is 0 Å². The average molecular weight is 403 g/mol. The first-order valence-electron chi connectivity index (χ1n) is 9.53. The van der Waals surface area contributed by atoms with Gasteiger partial charge in [0.15, 0.2) is 0 Å². The van der Waals surface area contributed by atoms with Crippen LogP contribution in [0, 0.1) is 0 Å². The highest BCUT2D eigenvalue weighted by Crippen LogP contribution is 2.33. The molecule has 0 aromatic carbocycles. The molecule has 0 saturated heterocycles. The lowest BCUT2D eigenvalue weighted by molar-refractivity contribution is 0.959. The van der Waals surface area contributed by atoms with Crippen LogP contribution in [0.25, 0.3) is 11.6 Å². The Labute approximate surface area is 174 Å². The molecule has 2 nitrogen and oxygen atoms in total. The monoisotopic (exact) mass is 402 g/mol. The number of unbranched alkanes of at least 4 members (excludes halogenated alkanes) is 1. The molecule has 1 aliphatic rings. The van der Waals surface area contributed by atoms with Gasteiger partial charge in [0.1, 0.15) is 0 Å². The minimum Gasteiger partial charge on any atom is -0.217 e. The van der Waals surface area contributed by atoms with Crippen LogP contribution in [0.1, 0.15) is 65.3 Å². The number of hydrogen-bond donors (Lipinski definition) is 0. The molecule has 0 bridgehead atoms. The Morgan fingerprint density at radius 1 is 1.22 bits per heavy atom. The highest BCUT2D eigenvalue weighted by molar-refractivity contribution is 7.99. The summed E-state index contributed by atoms with van der Waals surface area (Å²) in [5, 5.41) is 0.317. The van der Waals surface area contributed by atoms with Crippen LogP contribution in [-0.2, 0) is 0 Å². The molecule has 0 unspecified atom stereocenters. The normalized spacial score (nSPS) is 14.4. The minimum absolute atomic E-state index is 0.317. The Morgan fingerprint density at radius 3 is 2.67 bits per heavy atom. The quantitative estimate of drug-likeness (QED) is 0.356. The lowest BCUT2D eigenvalue weighted by Crippen LogP contribution is -2.01. The second kappa shape index (κ2) is 13.6. The molecule has 27 heavy (non-hydrogen) atoms. The predicted molar refractivity (Wildman–Crippen MR) is 123 cm³/mol. The van der Waals surface area contributed by atoms with Gasteiger partial charge in [-0.1, -0.05) is 68.4 Å². The number of hydrogen-bond acceptors (Lipinski definition) is 3. The largest absolute Gasteiger partial charge is 0.223 e. The van der Waals surface area contributed by atoms with Gasteiger partial charge in [0.05, 0.1) is 16.3 Å². The van der Waals surface area contributed by atoms with Gasteiger partial charge in [0.2, 0.25) is 5.28 Å². The highest BCUT2D eigenvalue weighted by Gasteiger charge is 2.15. The molecule has 1 aromatic rings. The highest BCUT2D eigenvalue weighted by atomic mass is 35.5. The van der Waals surface area contributed by atoms with Gasteiger partial charge in [-0.05, 0) is 56.9 Å². The first-order chi connectivity index (χ1) is 13.0. The number of rotatable bonds is 6. The van der Waals surface area contributed by atoms with Crippen LogP contribution in [-0.4, -0.2) is 15.7 Å². The second-order valence-electron chi connectivity index (χ2n) is 6.17. The standard InChI is InChI=1S/C12H20.C11H11ClN2S/c1-4-6-7-8-9-11-12(3)10-5-2;1-3-7(2)9-10-8(5-4-6-15-10)13-11(12)14-9/h7-11H,4-6H2,1-3H3;3-5H,6H2,1-2H3/b8-7-,11-9-,12-10+;7-3+. The average Bonchev–Trinajstić information content (AvgIpc) is 2.67. The van der Waals surface area contributed by atoms with E-state index in [1.54, 1.807) is 11.8 Å². The molecule has 0 amide bonds. The van der Waals surface area contributed by atoms with Crippen LogP contribution in [0.4, 0.5) is 0 Å². The maximum atomic E-state index is 5.89. The fourth-order valence-corrected chi connectivity index (χ4v) is 3.47. The number of aromatic nitrogens is 2. The molecule has 2 rings (SSSR count). The van der Waals surface area contributed by atoms with Gasteiger partial charge in [0, 0.05) is 5.75 Å². The van der Waals surface area contributed by atoms with Crippen LogP contribution < -0.4 is 0 Å². The molecule has 0 N–H and O–H groups in total. The Kier molecular flexibility index (Phi) is 11.8. The summed E-state index contributed by atoms with van der Waals surface area (Å²) in [6.07, 6.45) is 20.5. The van der Waals surface area contributed by atoms with Crippen molar-refractivity contribution in [2.24, 2.45) is 0 Å². The third-order valence-corrected chi connectivity index (χ3v) is 5.08. The van der Waals surface area contributed by atoms with Crippen molar-refractivity contribution in [3.8, 4) is 0 Å². The van der Waals surface area contributed by atoms with E-state index in [0.717, 1.165) is 34.0 Å². The SMILES string of the molecule is C/C=C(\C)c1nc(Cl)nc2c1SCC=C2.CC/C=C(C)/C=C\C=C/CCC. The first-order valence-corrected chi connectivity index (χ1v) is 10.9. The van der Waals surface area contributed by atoms with Gasteiger partial charge in [0.25, 0.3) is 0 Å². The molecule has 4 heteroatoms. The Morgan fingerprint density at radius 2 is 2.00 bits per heavy atom. The van der Waals surface area contributed by atoms with Crippen molar-refractivity contribution in [2.45, 2.75) is 58.8 Å². The molecule has 0 saturated carbocycles. The number of allylic oxidation sites excluding steroid dienone is 8. The summed E-state index contributed by atoms with van der Waals surface area (Å²) in [7, 11) is 0. The van der Waals surface area contributed by atoms with Crippen LogP contribution in [0.2, 0.25) is 5.28 Å². The van der Waals surface area contributed by atoms with E-state index < -0.39 is 0 Å². The van der Waals surface area contributed by atoms with Crippen molar-refractivity contribution in [3.05, 3.63) is 64.8 Å². The summed E-state index contributed by atoms with van der Waals surface area (Å²) >= 11 is 7.65. The van der Waals surface area contributed by atoms with E-state index in [1.807, 2.05) is 26.0 Å². The molecule has 2 heterocycles. The first kappa shape index (κ1) is 23.5. The summed E-state index contributed by atoms with van der Waals surface area (Å²) in [4.78, 5) is 9.64. The van der Waals surface area contributed by atoms with E-state index in [-0.39, 0.29) is 0 Å². The van der Waals surface area contributed by atoms with Crippen molar-refractivity contribution in [1.29, 1.82) is 0 Å². The van der Waals surface area contributed by atoms with E-state index in [0.29, 0.717) is 5.28 Å². The third kappa shape index (κ3) is 8.77. The zero-order valence-corrected chi connectivity index (χ0v) is 18.7. The summed E-state index contributed by atoms with van der Waals surface area (Å²) in [6.45, 7) is 10.5. The predicted octanol–water partition coefficient (Wildman–Crippen LogP) is 7.93. The lowest BCUT2D eigenvalue weighted by Gasteiger charge is -2.13. The number of halogens is 1. The number of thioether (sulfide) groups is 1.